The molecule has 0 spiro atoms. The Labute approximate surface area is 76.6 Å². The fourth-order valence-corrected chi connectivity index (χ4v) is 1.39. The van der Waals surface area contributed by atoms with Gasteiger partial charge in [-0.1, -0.05) is 23.2 Å². The van der Waals surface area contributed by atoms with Gasteiger partial charge in [-0.2, -0.15) is 0 Å². The molecule has 0 saturated heterocycles. The van der Waals surface area contributed by atoms with Crippen molar-refractivity contribution < 1.29 is 16.8 Å². The molecule has 2 unspecified atom stereocenters. The molecule has 0 aromatic carbocycles. The van der Waals surface area contributed by atoms with E-state index in [1.165, 1.54) is 0 Å². The summed E-state index contributed by atoms with van der Waals surface area (Å²) in [7, 11) is -5.83. The molecular weight excluding hydrogens is 237 g/mol. The predicted molar refractivity (Wildman–Crippen MR) is 43.0 cm³/mol. The minimum atomic E-state index is -2.92. The van der Waals surface area contributed by atoms with Gasteiger partial charge in [-0.25, -0.2) is 16.8 Å². The van der Waals surface area contributed by atoms with Crippen LogP contribution >= 0.6 is 23.2 Å². The number of rotatable bonds is 4. The summed E-state index contributed by atoms with van der Waals surface area (Å²) in [5.41, 5.74) is 0. The zero-order chi connectivity index (χ0) is 9.02. The molecule has 0 aromatic rings. The van der Waals surface area contributed by atoms with E-state index in [1.807, 2.05) is 5.32 Å². The lowest BCUT2D eigenvalue weighted by molar-refractivity contribution is 0.592. The number of nitrogens with one attached hydrogen (secondary N) is 1. The third-order valence-electron chi connectivity index (χ3n) is 0.645. The maximum atomic E-state index is 10.0. The van der Waals surface area contributed by atoms with Crippen LogP contribution in [0.2, 0.25) is 0 Å². The van der Waals surface area contributed by atoms with Crippen LogP contribution in [0.5, 0.6) is 0 Å². The van der Waals surface area contributed by atoms with Crippen molar-refractivity contribution in [3.05, 3.63) is 0 Å². The van der Waals surface area contributed by atoms with Crippen LogP contribution in [0.3, 0.4) is 0 Å². The Balaban J connectivity index is 4.05. The normalized spacial score (nSPS) is 17.1. The molecule has 0 rings (SSSR count). The molecule has 0 bridgehead atoms. The smallest absolute Gasteiger partial charge is 0.184 e. The molecule has 0 fully saturated rings. The highest BCUT2D eigenvalue weighted by atomic mass is 35.5. The number of alkyl halides is 2. The summed E-state index contributed by atoms with van der Waals surface area (Å²) in [6.45, 7) is 0. The Morgan fingerprint density at radius 2 is 1.18 bits per heavy atom. The molecular formula is C2H5Cl2NO4S2. The van der Waals surface area contributed by atoms with Gasteiger partial charge in [0, 0.05) is 0 Å². The van der Waals surface area contributed by atoms with Crippen LogP contribution < -0.4 is 5.32 Å². The average Bonchev–Trinajstić information content (AvgIpc) is 1.87. The third-order valence-corrected chi connectivity index (χ3v) is 2.89. The van der Waals surface area contributed by atoms with Crippen LogP contribution in [0, 0.1) is 0 Å². The molecule has 5 nitrogen and oxygen atoms in total. The molecule has 0 aliphatic rings. The van der Waals surface area contributed by atoms with Crippen LogP contribution in [0.25, 0.3) is 0 Å². The van der Waals surface area contributed by atoms with Crippen molar-refractivity contribution in [2.45, 2.75) is 9.67 Å². The van der Waals surface area contributed by atoms with Crippen molar-refractivity contribution in [3.63, 3.8) is 0 Å². The minimum Gasteiger partial charge on any atom is -0.260 e. The molecule has 0 saturated carbocycles. The van der Waals surface area contributed by atoms with Gasteiger partial charge >= 0.3 is 0 Å². The van der Waals surface area contributed by atoms with Gasteiger partial charge in [-0.15, -0.1) is 0 Å². The van der Waals surface area contributed by atoms with E-state index in [4.69, 9.17) is 23.2 Å². The zero-order valence-corrected chi connectivity index (χ0v) is 8.24. The van der Waals surface area contributed by atoms with Gasteiger partial charge in [0.05, 0.1) is 0 Å². The van der Waals surface area contributed by atoms with Crippen LogP contribution in [-0.4, -0.2) is 26.5 Å². The van der Waals surface area contributed by atoms with Crippen molar-refractivity contribution >= 4 is 44.6 Å². The highest BCUT2D eigenvalue weighted by Crippen LogP contribution is 1.98. The first-order valence-corrected chi connectivity index (χ1v) is 5.63. The number of halogens is 2. The molecule has 11 heavy (non-hydrogen) atoms. The average molecular weight is 242 g/mol. The van der Waals surface area contributed by atoms with E-state index in [9.17, 15) is 16.8 Å². The lowest BCUT2D eigenvalue weighted by Gasteiger charge is -2.05. The van der Waals surface area contributed by atoms with Gasteiger partial charge in [0.25, 0.3) is 0 Å². The summed E-state index contributed by atoms with van der Waals surface area (Å²) in [6.07, 6.45) is 0. The van der Waals surface area contributed by atoms with Gasteiger partial charge < -0.3 is 0 Å². The first kappa shape index (κ1) is 11.4. The monoisotopic (exact) mass is 241 g/mol. The van der Waals surface area contributed by atoms with Crippen LogP contribution in [0.1, 0.15) is 0 Å². The fourth-order valence-electron chi connectivity index (χ4n) is 0.235. The lowest BCUT2D eigenvalue weighted by atomic mass is 11.2. The molecule has 0 radical (unpaired) electrons. The van der Waals surface area contributed by atoms with Crippen LogP contribution in [0.4, 0.5) is 0 Å². The van der Waals surface area contributed by atoms with E-state index < -0.39 is 31.1 Å². The standard InChI is InChI=1S/C2H5Cl2NO4S2/c3-1(10(6)7)5-2(4)11(8)9/h1-2,5,10-11H. The summed E-state index contributed by atoms with van der Waals surface area (Å²) in [5, 5.41) is 1.92. The van der Waals surface area contributed by atoms with Crippen molar-refractivity contribution in [2.75, 3.05) is 0 Å². The molecule has 1 N–H and O–H groups in total. The first-order valence-electron chi connectivity index (χ1n) is 2.26. The molecule has 0 aliphatic heterocycles. The molecule has 2 atom stereocenters. The van der Waals surface area contributed by atoms with E-state index in [2.05, 4.69) is 0 Å². The maximum absolute atomic E-state index is 10.0. The van der Waals surface area contributed by atoms with Crippen molar-refractivity contribution in [1.29, 1.82) is 0 Å². The SMILES string of the molecule is O=[SH](=O)C(Cl)NC(Cl)[SH](=O)=O. The maximum Gasteiger partial charge on any atom is 0.184 e. The van der Waals surface area contributed by atoms with Gasteiger partial charge in [0.15, 0.2) is 31.1 Å². The van der Waals surface area contributed by atoms with E-state index in [1.54, 1.807) is 0 Å². The second-order valence-electron chi connectivity index (χ2n) is 1.41. The quantitative estimate of drug-likeness (QED) is 0.329. The minimum absolute atomic E-state index is 1.46. The first-order chi connectivity index (χ1) is 4.95. The van der Waals surface area contributed by atoms with Crippen LogP contribution in [-0.2, 0) is 21.4 Å². The highest BCUT2D eigenvalue weighted by Gasteiger charge is 2.13. The molecule has 0 aromatic heterocycles. The Bertz CT molecular complexity index is 219. The van der Waals surface area contributed by atoms with Gasteiger partial charge in [0.2, 0.25) is 0 Å². The van der Waals surface area contributed by atoms with Gasteiger partial charge in [-0.05, 0) is 0 Å². The predicted octanol–water partition coefficient (Wildman–Crippen LogP) is -1.16. The molecule has 0 amide bonds. The topological polar surface area (TPSA) is 80.3 Å². The van der Waals surface area contributed by atoms with Crippen molar-refractivity contribution in [3.8, 4) is 0 Å². The third kappa shape index (κ3) is 4.81. The summed E-state index contributed by atoms with van der Waals surface area (Å²) in [6, 6.07) is 0. The largest absolute Gasteiger partial charge is 0.260 e. The Morgan fingerprint density at radius 1 is 0.909 bits per heavy atom. The highest BCUT2D eigenvalue weighted by molar-refractivity contribution is 7.75. The fraction of sp³-hybridized carbons (Fsp3) is 1.00. The van der Waals surface area contributed by atoms with Gasteiger partial charge in [-0.3, -0.25) is 5.32 Å². The van der Waals surface area contributed by atoms with Crippen molar-refractivity contribution in [2.24, 2.45) is 0 Å². The van der Waals surface area contributed by atoms with Crippen molar-refractivity contribution in [1.82, 2.24) is 5.32 Å². The molecule has 0 heterocycles. The van der Waals surface area contributed by atoms with Gasteiger partial charge in [0.1, 0.15) is 0 Å². The second-order valence-corrected chi connectivity index (χ2v) is 5.06. The summed E-state index contributed by atoms with van der Waals surface area (Å²) in [5.74, 6) is 0. The second kappa shape index (κ2) is 5.15. The van der Waals surface area contributed by atoms with Crippen LogP contribution in [0.15, 0.2) is 0 Å². The van der Waals surface area contributed by atoms with E-state index in [0.717, 1.165) is 0 Å². The summed E-state index contributed by atoms with van der Waals surface area (Å²) >= 11 is 10.2. The summed E-state index contributed by atoms with van der Waals surface area (Å²) < 4.78 is 40.2. The zero-order valence-electron chi connectivity index (χ0n) is 4.94. The molecule has 68 valence electrons. The number of thiol groups is 2. The van der Waals surface area contributed by atoms with E-state index >= 15 is 0 Å². The number of hydrogen-bond acceptors (Lipinski definition) is 5. The van der Waals surface area contributed by atoms with E-state index in [0.29, 0.717) is 0 Å². The lowest BCUT2D eigenvalue weighted by Crippen LogP contribution is -2.32. The summed E-state index contributed by atoms with van der Waals surface area (Å²) in [4.78, 5) is -2.92. The molecule has 0 aliphatic carbocycles. The number of hydrogen-bond donors (Lipinski definition) is 3. The Hall–Kier alpha value is 0.440. The molecule has 9 heteroatoms. The van der Waals surface area contributed by atoms with E-state index in [-0.39, 0.29) is 0 Å². The Morgan fingerprint density at radius 3 is 1.36 bits per heavy atom. The Kier molecular flexibility index (Phi) is 5.36.